The molecule has 0 amide bonds. The normalized spacial score (nSPS) is 12.8. The highest BCUT2D eigenvalue weighted by Gasteiger charge is 2.06. The van der Waals surface area contributed by atoms with Gasteiger partial charge in [0.2, 0.25) is 0 Å². The van der Waals surface area contributed by atoms with Crippen molar-refractivity contribution < 1.29 is 0 Å². The molecule has 1 aromatic heterocycles. The van der Waals surface area contributed by atoms with E-state index in [1.54, 1.807) is 0 Å². The molecular formula is C16H29NS. The third-order valence-corrected chi connectivity index (χ3v) is 4.57. The van der Waals surface area contributed by atoms with E-state index in [4.69, 9.17) is 0 Å². The van der Waals surface area contributed by atoms with Crippen molar-refractivity contribution in [3.8, 4) is 0 Å². The molecule has 1 nitrogen and oxygen atoms in total. The molecule has 0 aliphatic carbocycles. The predicted molar refractivity (Wildman–Crippen MR) is 83.5 cm³/mol. The Kier molecular flexibility index (Phi) is 9.23. The molecule has 0 aromatic carbocycles. The van der Waals surface area contributed by atoms with Gasteiger partial charge in [0.15, 0.2) is 0 Å². The molecule has 0 aliphatic rings. The summed E-state index contributed by atoms with van der Waals surface area (Å²) < 4.78 is 0. The van der Waals surface area contributed by atoms with Gasteiger partial charge in [-0.1, -0.05) is 51.5 Å². The number of hydrogen-bond donors (Lipinski definition) is 1. The fraction of sp³-hybridized carbons (Fsp3) is 0.750. The van der Waals surface area contributed by atoms with E-state index < -0.39 is 0 Å². The van der Waals surface area contributed by atoms with Crippen LogP contribution in [0.1, 0.15) is 63.2 Å². The molecule has 1 N–H and O–H groups in total. The molecule has 104 valence electrons. The lowest BCUT2D eigenvalue weighted by molar-refractivity contribution is 0.459. The first-order valence-electron chi connectivity index (χ1n) is 7.56. The second-order valence-electron chi connectivity index (χ2n) is 5.16. The number of nitrogens with one attached hydrogen (secondary N) is 1. The van der Waals surface area contributed by atoms with Gasteiger partial charge in [0, 0.05) is 10.9 Å². The summed E-state index contributed by atoms with van der Waals surface area (Å²) in [5.41, 5.74) is 0. The van der Waals surface area contributed by atoms with Crippen molar-refractivity contribution in [3.63, 3.8) is 0 Å². The van der Waals surface area contributed by atoms with Crippen molar-refractivity contribution in [2.75, 3.05) is 7.05 Å². The second-order valence-corrected chi connectivity index (χ2v) is 6.19. The van der Waals surface area contributed by atoms with E-state index in [2.05, 4.69) is 36.8 Å². The summed E-state index contributed by atoms with van der Waals surface area (Å²) in [6.45, 7) is 2.28. The van der Waals surface area contributed by atoms with Gasteiger partial charge in [-0.25, -0.2) is 0 Å². The summed E-state index contributed by atoms with van der Waals surface area (Å²) in [5, 5.41) is 5.65. The number of hydrogen-bond acceptors (Lipinski definition) is 2. The lowest BCUT2D eigenvalue weighted by Gasteiger charge is -2.15. The molecular weight excluding hydrogens is 238 g/mol. The average molecular weight is 267 g/mol. The van der Waals surface area contributed by atoms with Gasteiger partial charge in [0.1, 0.15) is 0 Å². The summed E-state index contributed by atoms with van der Waals surface area (Å²) in [5.74, 6) is 0. The van der Waals surface area contributed by atoms with Crippen molar-refractivity contribution in [1.82, 2.24) is 5.32 Å². The molecule has 2 heteroatoms. The number of rotatable bonds is 11. The molecule has 0 radical (unpaired) electrons. The van der Waals surface area contributed by atoms with Crippen LogP contribution in [0.5, 0.6) is 0 Å². The zero-order valence-electron chi connectivity index (χ0n) is 12.1. The van der Waals surface area contributed by atoms with Crippen LogP contribution in [0, 0.1) is 0 Å². The standard InChI is InChI=1S/C16H29NS/c1-3-4-5-6-7-8-10-15(17-2)12-13-16-11-9-14-18-16/h9,11,14-15,17H,3-8,10,12-13H2,1-2H3. The van der Waals surface area contributed by atoms with E-state index >= 15 is 0 Å². The highest BCUT2D eigenvalue weighted by atomic mass is 32.1. The molecule has 1 heterocycles. The zero-order valence-corrected chi connectivity index (χ0v) is 12.9. The van der Waals surface area contributed by atoms with Crippen LogP contribution in [0.25, 0.3) is 0 Å². The zero-order chi connectivity index (χ0) is 13.1. The third-order valence-electron chi connectivity index (χ3n) is 3.63. The van der Waals surface area contributed by atoms with Gasteiger partial charge in [-0.15, -0.1) is 11.3 Å². The van der Waals surface area contributed by atoms with Crippen LogP contribution < -0.4 is 5.32 Å². The van der Waals surface area contributed by atoms with Gasteiger partial charge in [-0.3, -0.25) is 0 Å². The highest BCUT2D eigenvalue weighted by molar-refractivity contribution is 7.09. The molecule has 18 heavy (non-hydrogen) atoms. The summed E-state index contributed by atoms with van der Waals surface area (Å²) in [4.78, 5) is 1.53. The van der Waals surface area contributed by atoms with E-state index in [0.717, 1.165) is 0 Å². The van der Waals surface area contributed by atoms with Gasteiger partial charge in [-0.05, 0) is 37.8 Å². The van der Waals surface area contributed by atoms with Gasteiger partial charge >= 0.3 is 0 Å². The number of aryl methyl sites for hydroxylation is 1. The Morgan fingerprint density at radius 2 is 1.89 bits per heavy atom. The minimum absolute atomic E-state index is 0.707. The molecule has 0 fully saturated rings. The fourth-order valence-electron chi connectivity index (χ4n) is 2.38. The Morgan fingerprint density at radius 1 is 1.11 bits per heavy atom. The third kappa shape index (κ3) is 7.17. The maximum absolute atomic E-state index is 3.47. The van der Waals surface area contributed by atoms with Crippen molar-refractivity contribution in [2.45, 2.75) is 70.8 Å². The number of thiophene rings is 1. The second kappa shape index (κ2) is 10.6. The minimum Gasteiger partial charge on any atom is -0.317 e. The largest absolute Gasteiger partial charge is 0.317 e. The maximum Gasteiger partial charge on any atom is 0.00675 e. The molecule has 0 spiro atoms. The fourth-order valence-corrected chi connectivity index (χ4v) is 3.10. The molecule has 1 unspecified atom stereocenters. The van der Waals surface area contributed by atoms with E-state index in [1.165, 1.54) is 62.7 Å². The lowest BCUT2D eigenvalue weighted by Crippen LogP contribution is -2.25. The van der Waals surface area contributed by atoms with Gasteiger partial charge < -0.3 is 5.32 Å². The maximum atomic E-state index is 3.47. The van der Waals surface area contributed by atoms with Crippen LogP contribution >= 0.6 is 11.3 Å². The topological polar surface area (TPSA) is 12.0 Å². The first kappa shape index (κ1) is 15.7. The summed E-state index contributed by atoms with van der Waals surface area (Å²) in [7, 11) is 2.11. The Balaban J connectivity index is 2.02. The lowest BCUT2D eigenvalue weighted by atomic mass is 10.0. The Hall–Kier alpha value is -0.340. The Labute approximate surface area is 117 Å². The monoisotopic (exact) mass is 267 g/mol. The first-order valence-corrected chi connectivity index (χ1v) is 8.44. The molecule has 0 aliphatic heterocycles. The van der Waals surface area contributed by atoms with Crippen molar-refractivity contribution in [3.05, 3.63) is 22.4 Å². The first-order chi connectivity index (χ1) is 8.86. The van der Waals surface area contributed by atoms with Crippen LogP contribution in [0.4, 0.5) is 0 Å². The van der Waals surface area contributed by atoms with E-state index in [-0.39, 0.29) is 0 Å². The number of unbranched alkanes of at least 4 members (excludes halogenated alkanes) is 5. The van der Waals surface area contributed by atoms with Crippen LogP contribution in [-0.2, 0) is 6.42 Å². The predicted octanol–water partition coefficient (Wildman–Crippen LogP) is 5.02. The summed E-state index contributed by atoms with van der Waals surface area (Å²) in [6, 6.07) is 5.11. The molecule has 0 saturated heterocycles. The van der Waals surface area contributed by atoms with Crippen LogP contribution in [0.2, 0.25) is 0 Å². The van der Waals surface area contributed by atoms with Gasteiger partial charge in [0.05, 0.1) is 0 Å². The Morgan fingerprint density at radius 3 is 2.56 bits per heavy atom. The van der Waals surface area contributed by atoms with Crippen LogP contribution in [0.3, 0.4) is 0 Å². The molecule has 0 saturated carbocycles. The minimum atomic E-state index is 0.707. The quantitative estimate of drug-likeness (QED) is 0.555. The molecule has 1 aromatic rings. The van der Waals surface area contributed by atoms with E-state index in [1.807, 2.05) is 11.3 Å². The SMILES string of the molecule is CCCCCCCCC(CCc1cccs1)NC. The molecule has 1 atom stereocenters. The molecule has 1 rings (SSSR count). The van der Waals surface area contributed by atoms with Crippen LogP contribution in [0.15, 0.2) is 17.5 Å². The van der Waals surface area contributed by atoms with Crippen LogP contribution in [-0.4, -0.2) is 13.1 Å². The van der Waals surface area contributed by atoms with Gasteiger partial charge in [-0.2, -0.15) is 0 Å². The van der Waals surface area contributed by atoms with Crippen molar-refractivity contribution in [1.29, 1.82) is 0 Å². The van der Waals surface area contributed by atoms with E-state index in [0.29, 0.717) is 6.04 Å². The van der Waals surface area contributed by atoms with E-state index in [9.17, 15) is 0 Å². The molecule has 0 bridgehead atoms. The van der Waals surface area contributed by atoms with Gasteiger partial charge in [0.25, 0.3) is 0 Å². The smallest absolute Gasteiger partial charge is 0.00675 e. The Bertz CT molecular complexity index is 269. The average Bonchev–Trinajstić information content (AvgIpc) is 2.90. The van der Waals surface area contributed by atoms with Crippen molar-refractivity contribution in [2.24, 2.45) is 0 Å². The summed E-state index contributed by atoms with van der Waals surface area (Å²) in [6.07, 6.45) is 12.3. The van der Waals surface area contributed by atoms with Crippen molar-refractivity contribution >= 4 is 11.3 Å². The summed E-state index contributed by atoms with van der Waals surface area (Å²) >= 11 is 1.89. The highest BCUT2D eigenvalue weighted by Crippen LogP contribution is 2.15.